The highest BCUT2D eigenvalue weighted by atomic mass is 16.3. The number of benzene rings is 1. The van der Waals surface area contributed by atoms with Crippen LogP contribution in [0.2, 0.25) is 0 Å². The van der Waals surface area contributed by atoms with E-state index in [0.29, 0.717) is 12.3 Å². The van der Waals surface area contributed by atoms with E-state index in [1.807, 2.05) is 25.5 Å². The molecule has 0 bridgehead atoms. The second-order valence-electron chi connectivity index (χ2n) is 9.65. The minimum Gasteiger partial charge on any atom is -0.508 e. The van der Waals surface area contributed by atoms with Crippen LogP contribution in [0, 0.1) is 18.4 Å². The first kappa shape index (κ1) is 20.8. The monoisotopic (exact) mass is 437 g/mol. The molecule has 4 N–H and O–H groups in total. The summed E-state index contributed by atoms with van der Waals surface area (Å²) in [6.45, 7) is 2.88. The van der Waals surface area contributed by atoms with Crippen LogP contribution in [0.15, 0.2) is 34.3 Å². The molecule has 1 saturated heterocycles. The van der Waals surface area contributed by atoms with Crippen molar-refractivity contribution in [1.82, 2.24) is 14.9 Å². The third-order valence-corrected chi connectivity index (χ3v) is 8.07. The quantitative estimate of drug-likeness (QED) is 0.423. The van der Waals surface area contributed by atoms with Crippen LogP contribution in [0.25, 0.3) is 0 Å². The number of rotatable bonds is 3. The summed E-state index contributed by atoms with van der Waals surface area (Å²) in [5.74, 6) is -0.273. The largest absolute Gasteiger partial charge is 0.508 e. The topological polar surface area (TPSA) is 131 Å². The molecular formula is C23H27N5O4. The normalized spacial score (nSPS) is 30.6. The van der Waals surface area contributed by atoms with Crippen molar-refractivity contribution in [2.45, 2.75) is 43.2 Å². The molecule has 0 spiro atoms. The molecule has 2 aliphatic carbocycles. The summed E-state index contributed by atoms with van der Waals surface area (Å²) in [7, 11) is 3.65. The number of pyridine rings is 1. The van der Waals surface area contributed by atoms with Crippen LogP contribution < -0.4 is 11.0 Å². The molecule has 168 valence electrons. The fraction of sp³-hybridized carbons (Fsp3) is 0.478. The highest BCUT2D eigenvalue weighted by Gasteiger charge is 2.70. The number of fused-ring (bicyclic) bond motifs is 4. The average Bonchev–Trinajstić information content (AvgIpc) is 2.93. The molecule has 2 heterocycles. The van der Waals surface area contributed by atoms with Crippen LogP contribution in [-0.2, 0) is 25.3 Å². The van der Waals surface area contributed by atoms with Gasteiger partial charge in [-0.2, -0.15) is 5.53 Å². The maximum Gasteiger partial charge on any atom is 0.278 e. The van der Waals surface area contributed by atoms with Gasteiger partial charge in [-0.3, -0.25) is 14.5 Å². The highest BCUT2D eigenvalue weighted by molar-refractivity contribution is 5.93. The van der Waals surface area contributed by atoms with Crippen molar-refractivity contribution in [3.63, 3.8) is 0 Å². The Morgan fingerprint density at radius 1 is 1.28 bits per heavy atom. The van der Waals surface area contributed by atoms with Crippen LogP contribution in [0.3, 0.4) is 0 Å². The van der Waals surface area contributed by atoms with Crippen molar-refractivity contribution in [3.8, 4) is 5.75 Å². The maximum atomic E-state index is 13.0. The third kappa shape index (κ3) is 2.52. The molecule has 2 fully saturated rings. The molecule has 9 heteroatoms. The average molecular weight is 438 g/mol. The minimum atomic E-state index is -1.12. The lowest BCUT2D eigenvalue weighted by Gasteiger charge is -2.54. The zero-order chi connectivity index (χ0) is 23.0. The van der Waals surface area contributed by atoms with Crippen molar-refractivity contribution >= 4 is 5.91 Å². The zero-order valence-corrected chi connectivity index (χ0v) is 18.3. The van der Waals surface area contributed by atoms with Gasteiger partial charge in [0.15, 0.2) is 0 Å². The predicted molar refractivity (Wildman–Crippen MR) is 116 cm³/mol. The van der Waals surface area contributed by atoms with Crippen LogP contribution in [0.5, 0.6) is 5.75 Å². The first-order chi connectivity index (χ1) is 15.1. The van der Waals surface area contributed by atoms with E-state index in [4.69, 9.17) is 5.53 Å². The van der Waals surface area contributed by atoms with Gasteiger partial charge < -0.3 is 14.8 Å². The number of hydrogen-bond donors (Lipinski definition) is 4. The summed E-state index contributed by atoms with van der Waals surface area (Å²) < 4.78 is 1.48. The number of aryl methyl sites for hydroxylation is 1. The first-order valence-corrected chi connectivity index (χ1v) is 10.7. The molecule has 4 atom stereocenters. The summed E-state index contributed by atoms with van der Waals surface area (Å²) in [6.07, 6.45) is 1.48. The van der Waals surface area contributed by atoms with Crippen molar-refractivity contribution in [2.24, 2.45) is 18.2 Å². The molecular weight excluding hydrogens is 410 g/mol. The molecule has 32 heavy (non-hydrogen) atoms. The van der Waals surface area contributed by atoms with Crippen LogP contribution in [0.1, 0.15) is 39.2 Å². The van der Waals surface area contributed by atoms with Gasteiger partial charge in [-0.15, -0.1) is 0 Å². The molecule has 0 radical (unpaired) electrons. The number of likely N-dealkylation sites (tertiary alicyclic amines) is 1. The molecule has 9 nitrogen and oxygen atoms in total. The van der Waals surface area contributed by atoms with Crippen LogP contribution >= 0.6 is 0 Å². The second-order valence-corrected chi connectivity index (χ2v) is 9.65. The van der Waals surface area contributed by atoms with Gasteiger partial charge in [0.25, 0.3) is 11.5 Å². The number of aliphatic hydroxyl groups is 1. The molecule has 1 unspecified atom stereocenters. The number of nitrogens with zero attached hydrogens (tertiary/aromatic N) is 3. The SMILES string of the molecule is Cc1ccc(O)cc1[C@@]12Cc3c(cc(C(=O)NN=N)c(=O)n3C)C[C@@]1(O)[C@H]1C(CN1C)C2. The fourth-order valence-electron chi connectivity index (χ4n) is 6.78. The molecule has 1 amide bonds. The van der Waals surface area contributed by atoms with Crippen LogP contribution in [-0.4, -0.2) is 50.8 Å². The van der Waals surface area contributed by atoms with E-state index in [1.165, 1.54) is 4.57 Å². The first-order valence-electron chi connectivity index (χ1n) is 10.7. The molecule has 2 aromatic rings. The van der Waals surface area contributed by atoms with E-state index >= 15 is 0 Å². The molecule has 1 aromatic heterocycles. The fourth-order valence-corrected chi connectivity index (χ4v) is 6.78. The zero-order valence-electron chi connectivity index (χ0n) is 18.3. The number of carbonyl (C=O) groups excluding carboxylic acids is 1. The summed E-state index contributed by atoms with van der Waals surface area (Å²) in [5.41, 5.74) is 9.99. The number of aromatic hydroxyl groups is 1. The highest BCUT2D eigenvalue weighted by Crippen LogP contribution is 2.61. The third-order valence-electron chi connectivity index (χ3n) is 8.07. The summed E-state index contributed by atoms with van der Waals surface area (Å²) in [5, 5.41) is 25.6. The molecule has 1 aromatic carbocycles. The maximum absolute atomic E-state index is 13.0. The smallest absolute Gasteiger partial charge is 0.278 e. The Balaban J connectivity index is 1.74. The van der Waals surface area contributed by atoms with Crippen molar-refractivity contribution in [3.05, 3.63) is 62.6 Å². The van der Waals surface area contributed by atoms with E-state index in [0.717, 1.165) is 35.3 Å². The van der Waals surface area contributed by atoms with E-state index in [-0.39, 0.29) is 23.8 Å². The van der Waals surface area contributed by atoms with Crippen LogP contribution in [0.4, 0.5) is 0 Å². The number of likely N-dealkylation sites (N-methyl/N-ethyl adjacent to an activating group) is 1. The van der Waals surface area contributed by atoms with E-state index < -0.39 is 22.5 Å². The number of phenols is 1. The Morgan fingerprint density at radius 3 is 2.72 bits per heavy atom. The van der Waals surface area contributed by atoms with Gasteiger partial charge >= 0.3 is 0 Å². The standard InChI is InChI=1S/C23H27N5O4/c1-12-4-5-15(29)7-17(12)22-8-14-11-27(2)19(14)23(22,32)9-13-6-16(20(30)25-26-24)21(31)28(3)18(13)10-22/h4-7,14,19,29,32H,8-11H2,1-3H3,(H2,24,25,30)/t14?,19-,22-,23-/m1/s1. The van der Waals surface area contributed by atoms with Crippen molar-refractivity contribution in [2.75, 3.05) is 13.6 Å². The van der Waals surface area contributed by atoms with Gasteiger partial charge in [-0.25, -0.2) is 5.43 Å². The number of nitrogens with one attached hydrogen (secondary N) is 2. The summed E-state index contributed by atoms with van der Waals surface area (Å²) >= 11 is 0. The molecule has 1 aliphatic heterocycles. The lowest BCUT2D eigenvalue weighted by atomic mass is 9.59. The van der Waals surface area contributed by atoms with Gasteiger partial charge in [-0.1, -0.05) is 11.3 Å². The van der Waals surface area contributed by atoms with E-state index in [9.17, 15) is 19.8 Å². The van der Waals surface area contributed by atoms with Gasteiger partial charge in [-0.05, 0) is 61.2 Å². The van der Waals surface area contributed by atoms with Gasteiger partial charge in [0.05, 0.1) is 5.60 Å². The Kier molecular flexibility index (Phi) is 4.38. The molecule has 3 aliphatic rings. The lowest BCUT2D eigenvalue weighted by Crippen LogP contribution is -2.67. The summed E-state index contributed by atoms with van der Waals surface area (Å²) in [6, 6.07) is 6.78. The molecule has 1 saturated carbocycles. The van der Waals surface area contributed by atoms with Gasteiger partial charge in [0.2, 0.25) is 0 Å². The lowest BCUT2D eigenvalue weighted by molar-refractivity contribution is -0.108. The Labute approximate surface area is 185 Å². The van der Waals surface area contributed by atoms with Gasteiger partial charge in [0.1, 0.15) is 11.3 Å². The number of aromatic nitrogens is 1. The van der Waals surface area contributed by atoms with E-state index in [2.05, 4.69) is 10.1 Å². The van der Waals surface area contributed by atoms with Crippen molar-refractivity contribution in [1.29, 1.82) is 5.53 Å². The Hall–Kier alpha value is -3.04. The Bertz CT molecular complexity index is 1220. The number of phenolic OH excluding ortho intramolecular Hbond substituents is 1. The minimum absolute atomic E-state index is 0.0462. The van der Waals surface area contributed by atoms with E-state index in [1.54, 1.807) is 25.2 Å². The number of amides is 1. The second kappa shape index (κ2) is 6.73. The summed E-state index contributed by atoms with van der Waals surface area (Å²) in [4.78, 5) is 27.5. The Morgan fingerprint density at radius 2 is 2.03 bits per heavy atom. The predicted octanol–water partition coefficient (Wildman–Crippen LogP) is 1.18. The number of carbonyl (C=O) groups is 1. The molecule has 5 rings (SSSR count). The van der Waals surface area contributed by atoms with Gasteiger partial charge in [0, 0.05) is 43.6 Å². The number of hydrogen-bond acceptors (Lipinski definition) is 7. The van der Waals surface area contributed by atoms with Crippen molar-refractivity contribution < 1.29 is 15.0 Å².